The van der Waals surface area contributed by atoms with Crippen molar-refractivity contribution in [3.63, 3.8) is 0 Å². The van der Waals surface area contributed by atoms with Gasteiger partial charge in [0.15, 0.2) is 6.33 Å². The van der Waals surface area contributed by atoms with Crippen molar-refractivity contribution >= 4 is 5.91 Å². The Morgan fingerprint density at radius 1 is 1.13 bits per heavy atom. The molecule has 1 saturated heterocycles. The van der Waals surface area contributed by atoms with Crippen LogP contribution in [0.5, 0.6) is 0 Å². The summed E-state index contributed by atoms with van der Waals surface area (Å²) in [6.07, 6.45) is 3.65. The quantitative estimate of drug-likeness (QED) is 0.353. The number of tetrazole rings is 1. The van der Waals surface area contributed by atoms with Gasteiger partial charge in [-0.3, -0.25) is 4.79 Å². The third-order valence-corrected chi connectivity index (χ3v) is 7.08. The second kappa shape index (κ2) is 11.1. The Hall–Kier alpha value is -3.92. The van der Waals surface area contributed by atoms with E-state index in [0.717, 1.165) is 16.8 Å². The monoisotopic (exact) mass is 530 g/mol. The van der Waals surface area contributed by atoms with Gasteiger partial charge < -0.3 is 14.8 Å². The maximum atomic E-state index is 16.0. The molecular formula is C29H35FN8O. The summed E-state index contributed by atoms with van der Waals surface area (Å²) in [6.45, 7) is 7.33. The van der Waals surface area contributed by atoms with Crippen molar-refractivity contribution in [1.82, 2.24) is 40.0 Å². The summed E-state index contributed by atoms with van der Waals surface area (Å²) in [7, 11) is 0. The number of carbonyl (C=O) groups excluding carboxylic acids is 1. The molecule has 9 nitrogen and oxygen atoms in total. The first kappa shape index (κ1) is 26.7. The zero-order chi connectivity index (χ0) is 27.5. The van der Waals surface area contributed by atoms with Crippen LogP contribution in [-0.4, -0.2) is 65.9 Å². The van der Waals surface area contributed by atoms with E-state index in [0.29, 0.717) is 25.3 Å². The Labute approximate surface area is 228 Å². The minimum Gasteiger partial charge on any atom is -0.328 e. The summed E-state index contributed by atoms with van der Waals surface area (Å²) in [5.74, 6) is 0.423. The lowest BCUT2D eigenvalue weighted by Gasteiger charge is -2.42. The molecule has 1 aliphatic rings. The molecule has 0 spiro atoms. The van der Waals surface area contributed by atoms with E-state index in [1.807, 2.05) is 54.7 Å². The molecule has 3 heterocycles. The number of halogens is 1. The number of nitrogens with one attached hydrogen (secondary N) is 1. The van der Waals surface area contributed by atoms with E-state index in [2.05, 4.69) is 58.2 Å². The molecule has 4 aromatic rings. The third-order valence-electron chi connectivity index (χ3n) is 7.08. The molecule has 0 aliphatic carbocycles. The number of imidazole rings is 1. The van der Waals surface area contributed by atoms with Gasteiger partial charge in [-0.05, 0) is 29.2 Å². The zero-order valence-corrected chi connectivity index (χ0v) is 22.7. The molecule has 1 N–H and O–H groups in total. The molecule has 1 aliphatic heterocycles. The second-order valence-corrected chi connectivity index (χ2v) is 11.3. The van der Waals surface area contributed by atoms with Crippen molar-refractivity contribution < 1.29 is 9.18 Å². The Morgan fingerprint density at radius 2 is 1.85 bits per heavy atom. The average molecular weight is 531 g/mol. The summed E-state index contributed by atoms with van der Waals surface area (Å²) >= 11 is 0. The van der Waals surface area contributed by atoms with Crippen molar-refractivity contribution in [1.29, 1.82) is 0 Å². The first-order valence-corrected chi connectivity index (χ1v) is 13.3. The van der Waals surface area contributed by atoms with E-state index >= 15 is 4.39 Å². The molecule has 10 heteroatoms. The van der Waals surface area contributed by atoms with Crippen LogP contribution in [0.1, 0.15) is 44.6 Å². The summed E-state index contributed by atoms with van der Waals surface area (Å²) in [4.78, 5) is 21.9. The predicted octanol–water partition coefficient (Wildman–Crippen LogP) is 3.90. The van der Waals surface area contributed by atoms with E-state index in [1.165, 1.54) is 11.1 Å². The van der Waals surface area contributed by atoms with Gasteiger partial charge in [-0.2, -0.15) is 4.80 Å². The van der Waals surface area contributed by atoms with Crippen LogP contribution in [-0.2, 0) is 17.9 Å². The molecule has 0 bridgehead atoms. The van der Waals surface area contributed by atoms with Gasteiger partial charge in [0.2, 0.25) is 5.91 Å². The van der Waals surface area contributed by atoms with E-state index < -0.39 is 17.1 Å². The first-order valence-electron chi connectivity index (χ1n) is 13.3. The number of hydrogen-bond donors (Lipinski definition) is 1. The topological polar surface area (TPSA) is 93.8 Å². The highest BCUT2D eigenvalue weighted by atomic mass is 19.1. The van der Waals surface area contributed by atoms with Crippen LogP contribution in [0.25, 0.3) is 11.3 Å². The van der Waals surface area contributed by atoms with Crippen LogP contribution in [0.3, 0.4) is 0 Å². The fourth-order valence-electron chi connectivity index (χ4n) is 5.25. The minimum atomic E-state index is -1.55. The summed E-state index contributed by atoms with van der Waals surface area (Å²) < 4.78 is 18.1. The molecule has 5 rings (SSSR count). The minimum absolute atomic E-state index is 0.0612. The van der Waals surface area contributed by atoms with Gasteiger partial charge in [0.1, 0.15) is 18.0 Å². The van der Waals surface area contributed by atoms with Crippen molar-refractivity contribution in [2.45, 2.75) is 52.0 Å². The highest BCUT2D eigenvalue weighted by molar-refractivity contribution is 5.76. The lowest BCUT2D eigenvalue weighted by Crippen LogP contribution is -2.50. The van der Waals surface area contributed by atoms with Gasteiger partial charge in [-0.1, -0.05) is 81.4 Å². The number of benzene rings is 2. The smallest absolute Gasteiger partial charge is 0.246 e. The van der Waals surface area contributed by atoms with E-state index in [9.17, 15) is 4.79 Å². The lowest BCUT2D eigenvalue weighted by atomic mass is 9.84. The van der Waals surface area contributed by atoms with Crippen LogP contribution < -0.4 is 5.32 Å². The molecule has 1 fully saturated rings. The van der Waals surface area contributed by atoms with Gasteiger partial charge in [0.05, 0.1) is 18.3 Å². The second-order valence-electron chi connectivity index (χ2n) is 11.3. The van der Waals surface area contributed by atoms with Gasteiger partial charge in [0, 0.05) is 24.8 Å². The van der Waals surface area contributed by atoms with E-state index in [1.54, 1.807) is 4.90 Å². The van der Waals surface area contributed by atoms with E-state index in [4.69, 9.17) is 4.98 Å². The van der Waals surface area contributed by atoms with Crippen LogP contribution in [0.4, 0.5) is 4.39 Å². The number of carbonyl (C=O) groups is 1. The van der Waals surface area contributed by atoms with Gasteiger partial charge in [0.25, 0.3) is 0 Å². The zero-order valence-electron chi connectivity index (χ0n) is 22.7. The molecule has 39 heavy (non-hydrogen) atoms. The molecular weight excluding hydrogens is 495 g/mol. The Balaban J connectivity index is 1.62. The van der Waals surface area contributed by atoms with Crippen molar-refractivity contribution in [2.24, 2.45) is 5.41 Å². The summed E-state index contributed by atoms with van der Waals surface area (Å²) in [5, 5.41) is 14.7. The van der Waals surface area contributed by atoms with Gasteiger partial charge in [-0.15, -0.1) is 10.2 Å². The lowest BCUT2D eigenvalue weighted by molar-refractivity contribution is -0.140. The van der Waals surface area contributed by atoms with Crippen LogP contribution in [0.2, 0.25) is 0 Å². The van der Waals surface area contributed by atoms with Crippen LogP contribution in [0, 0.1) is 5.41 Å². The van der Waals surface area contributed by atoms with Crippen LogP contribution in [0.15, 0.2) is 73.2 Å². The molecule has 204 valence electrons. The van der Waals surface area contributed by atoms with Crippen molar-refractivity contribution in [3.8, 4) is 11.3 Å². The average Bonchev–Trinajstić information content (AvgIpc) is 3.67. The fourth-order valence-corrected chi connectivity index (χ4v) is 5.25. The number of rotatable bonds is 9. The molecule has 2 atom stereocenters. The predicted molar refractivity (Wildman–Crippen MR) is 146 cm³/mol. The van der Waals surface area contributed by atoms with Gasteiger partial charge >= 0.3 is 0 Å². The Morgan fingerprint density at radius 3 is 2.46 bits per heavy atom. The molecule has 0 unspecified atom stereocenters. The third kappa shape index (κ3) is 6.22. The maximum Gasteiger partial charge on any atom is 0.246 e. The highest BCUT2D eigenvalue weighted by Gasteiger charge is 2.44. The maximum absolute atomic E-state index is 16.0. The molecule has 2 aromatic heterocycles. The van der Waals surface area contributed by atoms with Crippen LogP contribution >= 0.6 is 0 Å². The van der Waals surface area contributed by atoms with Crippen molar-refractivity contribution in [2.75, 3.05) is 19.6 Å². The first-order chi connectivity index (χ1) is 18.7. The number of aromatic nitrogens is 6. The molecule has 0 radical (unpaired) electrons. The number of alkyl halides is 1. The summed E-state index contributed by atoms with van der Waals surface area (Å²) in [6, 6.07) is 19.6. The Kier molecular flexibility index (Phi) is 7.56. The standard InChI is InChI=1S/C29H35FN8O/c1-28(2,3)26(37(20-29(30)14-15-31-19-29)25(39)18-38-33-21-32-35-38)27-34-24(23-12-8-5-9-13-23)17-36(27)16-22-10-6-4-7-11-22/h4-13,17,21,26,31H,14-16,18-20H2,1-3H3/t26-,29+/m0/s1. The number of hydrogen-bond acceptors (Lipinski definition) is 6. The van der Waals surface area contributed by atoms with E-state index in [-0.39, 0.29) is 25.5 Å². The normalized spacial score (nSPS) is 18.3. The highest BCUT2D eigenvalue weighted by Crippen LogP contribution is 2.40. The van der Waals surface area contributed by atoms with Crippen molar-refractivity contribution in [3.05, 3.63) is 84.6 Å². The largest absolute Gasteiger partial charge is 0.328 e. The SMILES string of the molecule is CC(C)(C)[C@H](c1nc(-c2ccccc2)cn1Cc1ccccc1)N(C[C@@]1(F)CCNC1)C(=O)Cn1ncnn1. The molecule has 1 amide bonds. The molecule has 2 aromatic carbocycles. The molecule has 0 saturated carbocycles. The Bertz CT molecular complexity index is 1360. The van der Waals surface area contributed by atoms with Gasteiger partial charge in [-0.25, -0.2) is 9.37 Å². The number of amides is 1. The number of nitrogens with zero attached hydrogens (tertiary/aromatic N) is 7. The summed E-state index contributed by atoms with van der Waals surface area (Å²) in [5.41, 5.74) is 0.869. The fraction of sp³-hybridized carbons (Fsp3) is 0.414.